The fraction of sp³-hybridized carbons (Fsp3) is 0.0667. The molecule has 100 valence electrons. The van der Waals surface area contributed by atoms with Gasteiger partial charge >= 0.3 is 6.16 Å². The lowest BCUT2D eigenvalue weighted by Crippen LogP contribution is -2.03. The number of carboxylic acid groups (broad SMARTS) is 1. The summed E-state index contributed by atoms with van der Waals surface area (Å²) in [5, 5.41) is 10.9. The maximum atomic E-state index is 10.4. The zero-order chi connectivity index (χ0) is 13.9. The first-order valence-electron chi connectivity index (χ1n) is 6.13. The lowest BCUT2D eigenvalue weighted by molar-refractivity contribution is 0.142. The van der Waals surface area contributed by atoms with Crippen molar-refractivity contribution in [1.29, 1.82) is 0 Å². The van der Waals surface area contributed by atoms with Gasteiger partial charge in [-0.3, -0.25) is 0 Å². The van der Waals surface area contributed by atoms with Crippen molar-refractivity contribution in [2.24, 2.45) is 0 Å². The van der Waals surface area contributed by atoms with Crippen LogP contribution >= 0.6 is 0 Å². The molecule has 0 atom stereocenters. The Morgan fingerprint density at radius 3 is 2.80 bits per heavy atom. The van der Waals surface area contributed by atoms with Crippen molar-refractivity contribution in [3.63, 3.8) is 0 Å². The van der Waals surface area contributed by atoms with Crippen LogP contribution in [0.4, 0.5) is 4.79 Å². The summed E-state index contributed by atoms with van der Waals surface area (Å²) in [7, 11) is 0. The van der Waals surface area contributed by atoms with Crippen molar-refractivity contribution in [2.45, 2.75) is 6.42 Å². The first-order chi connectivity index (χ1) is 9.70. The smallest absolute Gasteiger partial charge is 0.449 e. The number of nitrogens with one attached hydrogen (secondary N) is 1. The van der Waals surface area contributed by atoms with E-state index in [0.29, 0.717) is 12.2 Å². The lowest BCUT2D eigenvalue weighted by atomic mass is 10.1. The van der Waals surface area contributed by atoms with E-state index in [0.717, 1.165) is 5.56 Å². The highest BCUT2D eigenvalue weighted by atomic mass is 16.7. The van der Waals surface area contributed by atoms with E-state index in [4.69, 9.17) is 5.11 Å². The molecule has 2 N–H and O–H groups in total. The molecule has 0 fully saturated rings. The predicted octanol–water partition coefficient (Wildman–Crippen LogP) is 3.21. The van der Waals surface area contributed by atoms with Gasteiger partial charge in [-0.05, 0) is 16.3 Å². The molecule has 0 radical (unpaired) electrons. The Morgan fingerprint density at radius 2 is 2.00 bits per heavy atom. The number of aromatic amines is 1. The third-order valence-corrected chi connectivity index (χ3v) is 2.99. The maximum absolute atomic E-state index is 10.4. The summed E-state index contributed by atoms with van der Waals surface area (Å²) in [5.41, 5.74) is 1.10. The molecular formula is C15H12N2O3. The Balaban J connectivity index is 1.81. The first kappa shape index (κ1) is 12.2. The molecule has 0 aliphatic rings. The molecule has 2 aromatic carbocycles. The van der Waals surface area contributed by atoms with Gasteiger partial charge in [-0.25, -0.2) is 9.78 Å². The highest BCUT2D eigenvalue weighted by Crippen LogP contribution is 2.18. The molecule has 5 nitrogen and oxygen atoms in total. The molecule has 3 rings (SSSR count). The largest absolute Gasteiger partial charge is 0.512 e. The molecule has 3 aromatic rings. The summed E-state index contributed by atoms with van der Waals surface area (Å²) in [4.78, 5) is 17.3. The molecule has 0 saturated carbocycles. The summed E-state index contributed by atoms with van der Waals surface area (Å²) in [5.74, 6) is 0.796. The Labute approximate surface area is 114 Å². The van der Waals surface area contributed by atoms with E-state index in [9.17, 15) is 4.79 Å². The van der Waals surface area contributed by atoms with Gasteiger partial charge in [0.1, 0.15) is 5.82 Å². The Bertz CT molecular complexity index is 764. The summed E-state index contributed by atoms with van der Waals surface area (Å²) in [6.45, 7) is 0. The van der Waals surface area contributed by atoms with E-state index < -0.39 is 6.16 Å². The summed E-state index contributed by atoms with van der Waals surface area (Å²) < 4.78 is 4.50. The van der Waals surface area contributed by atoms with Crippen LogP contribution in [0, 0.1) is 0 Å². The molecule has 0 bridgehead atoms. The van der Waals surface area contributed by atoms with Crippen LogP contribution in [-0.2, 0) is 6.42 Å². The molecule has 0 aliphatic carbocycles. The van der Waals surface area contributed by atoms with Crippen LogP contribution < -0.4 is 4.74 Å². The Morgan fingerprint density at radius 1 is 1.20 bits per heavy atom. The van der Waals surface area contributed by atoms with Gasteiger partial charge in [0.2, 0.25) is 5.88 Å². The van der Waals surface area contributed by atoms with E-state index in [-0.39, 0.29) is 5.88 Å². The zero-order valence-corrected chi connectivity index (χ0v) is 10.5. The molecule has 0 aliphatic heterocycles. The molecule has 0 amide bonds. The van der Waals surface area contributed by atoms with Gasteiger partial charge in [-0.15, -0.1) is 0 Å². The minimum atomic E-state index is -1.36. The molecule has 20 heavy (non-hydrogen) atoms. The topological polar surface area (TPSA) is 75.2 Å². The van der Waals surface area contributed by atoms with Crippen LogP contribution in [0.3, 0.4) is 0 Å². The number of nitrogens with zero attached hydrogens (tertiary/aromatic N) is 1. The van der Waals surface area contributed by atoms with E-state index >= 15 is 0 Å². The number of imidazole rings is 1. The molecule has 0 saturated heterocycles. The van der Waals surface area contributed by atoms with Crippen molar-refractivity contribution in [3.8, 4) is 5.88 Å². The number of carbonyl (C=O) groups is 1. The van der Waals surface area contributed by atoms with Crippen molar-refractivity contribution >= 4 is 16.9 Å². The van der Waals surface area contributed by atoms with Crippen LogP contribution in [-0.4, -0.2) is 21.2 Å². The maximum Gasteiger partial charge on any atom is 0.512 e. The van der Waals surface area contributed by atoms with Crippen LogP contribution in [0.25, 0.3) is 10.8 Å². The number of rotatable bonds is 3. The molecule has 5 heteroatoms. The monoisotopic (exact) mass is 268 g/mol. The van der Waals surface area contributed by atoms with Gasteiger partial charge in [0, 0.05) is 6.42 Å². The van der Waals surface area contributed by atoms with Gasteiger partial charge in [0.15, 0.2) is 0 Å². The second kappa shape index (κ2) is 5.05. The number of benzene rings is 2. The van der Waals surface area contributed by atoms with Crippen LogP contribution in [0.15, 0.2) is 48.7 Å². The number of fused-ring (bicyclic) bond motifs is 1. The van der Waals surface area contributed by atoms with Crippen molar-refractivity contribution in [1.82, 2.24) is 9.97 Å². The molecular weight excluding hydrogens is 256 g/mol. The summed E-state index contributed by atoms with van der Waals surface area (Å²) in [6.07, 6.45) is 0.601. The Kier molecular flexibility index (Phi) is 3.09. The van der Waals surface area contributed by atoms with Crippen molar-refractivity contribution in [3.05, 3.63) is 60.0 Å². The first-order valence-corrected chi connectivity index (χ1v) is 6.13. The molecule has 1 aromatic heterocycles. The van der Waals surface area contributed by atoms with E-state index in [1.54, 1.807) is 0 Å². The van der Waals surface area contributed by atoms with Gasteiger partial charge in [0.05, 0.1) is 6.20 Å². The van der Waals surface area contributed by atoms with Crippen LogP contribution in [0.2, 0.25) is 0 Å². The molecule has 0 spiro atoms. The SMILES string of the molecule is O=C(O)Oc1cnc(Cc2ccc3ccccc3c2)[nH]1. The number of hydrogen-bond acceptors (Lipinski definition) is 3. The molecule has 1 heterocycles. The van der Waals surface area contributed by atoms with E-state index in [1.165, 1.54) is 17.0 Å². The van der Waals surface area contributed by atoms with E-state index in [1.807, 2.05) is 18.2 Å². The lowest BCUT2D eigenvalue weighted by Gasteiger charge is -2.02. The zero-order valence-electron chi connectivity index (χ0n) is 10.5. The third-order valence-electron chi connectivity index (χ3n) is 2.99. The highest BCUT2D eigenvalue weighted by molar-refractivity contribution is 5.83. The average Bonchev–Trinajstić information content (AvgIpc) is 2.85. The van der Waals surface area contributed by atoms with Gasteiger partial charge < -0.3 is 14.8 Å². The van der Waals surface area contributed by atoms with Crippen molar-refractivity contribution < 1.29 is 14.6 Å². The second-order valence-corrected chi connectivity index (χ2v) is 4.42. The quantitative estimate of drug-likeness (QED) is 0.715. The predicted molar refractivity (Wildman–Crippen MR) is 74.0 cm³/mol. The fourth-order valence-electron chi connectivity index (χ4n) is 2.12. The van der Waals surface area contributed by atoms with E-state index in [2.05, 4.69) is 39.0 Å². The second-order valence-electron chi connectivity index (χ2n) is 4.42. The number of aromatic nitrogens is 2. The fourth-order valence-corrected chi connectivity index (χ4v) is 2.12. The van der Waals surface area contributed by atoms with Gasteiger partial charge in [-0.1, -0.05) is 42.5 Å². The standard InChI is InChI=1S/C15H12N2O3/c18-15(19)20-14-9-16-13(17-14)8-10-5-6-11-3-1-2-4-12(11)7-10/h1-7,9H,8H2,(H,16,17)(H,18,19). The summed E-state index contributed by atoms with van der Waals surface area (Å²) >= 11 is 0. The van der Waals surface area contributed by atoms with Gasteiger partial charge in [0.25, 0.3) is 0 Å². The number of hydrogen-bond donors (Lipinski definition) is 2. The number of H-pyrrole nitrogens is 1. The highest BCUT2D eigenvalue weighted by Gasteiger charge is 2.06. The summed E-state index contributed by atoms with van der Waals surface area (Å²) in [6, 6.07) is 14.3. The number of ether oxygens (including phenoxy) is 1. The average molecular weight is 268 g/mol. The van der Waals surface area contributed by atoms with Crippen LogP contribution in [0.1, 0.15) is 11.4 Å². The molecule has 0 unspecified atom stereocenters. The van der Waals surface area contributed by atoms with Crippen molar-refractivity contribution in [2.75, 3.05) is 0 Å². The minimum Gasteiger partial charge on any atom is -0.449 e. The minimum absolute atomic E-state index is 0.133. The van der Waals surface area contributed by atoms with Gasteiger partial charge in [-0.2, -0.15) is 0 Å². The van der Waals surface area contributed by atoms with Crippen LogP contribution in [0.5, 0.6) is 5.88 Å². The Hall–Kier alpha value is -2.82. The normalized spacial score (nSPS) is 10.6. The third kappa shape index (κ3) is 2.61.